The van der Waals surface area contributed by atoms with Crippen molar-refractivity contribution in [2.75, 3.05) is 12.8 Å². The number of esters is 1. The highest BCUT2D eigenvalue weighted by molar-refractivity contribution is 6.15. The van der Waals surface area contributed by atoms with Crippen LogP contribution in [0.5, 0.6) is 23.0 Å². The van der Waals surface area contributed by atoms with Gasteiger partial charge >= 0.3 is 12.1 Å². The molecule has 3 N–H and O–H groups in total. The van der Waals surface area contributed by atoms with Crippen LogP contribution in [0.15, 0.2) is 109 Å². The molecule has 226 valence electrons. The number of hydrogen-bond acceptors (Lipinski definition) is 6. The highest BCUT2D eigenvalue weighted by atomic mass is 19.4. The molecular formula is C36H26F3NO5. The minimum absolute atomic E-state index is 0.150. The average molecular weight is 610 g/mol. The molecule has 0 heterocycles. The SMILES string of the molecule is COc1cc(OC(=O)c2cc3ccccc3c(-c3c(N)c(OCc4ccccc4)cc4ccccc34)c2O)cc(C(F)(F)F)c1. The minimum atomic E-state index is -4.71. The maximum absolute atomic E-state index is 13.5. The average Bonchev–Trinajstić information content (AvgIpc) is 3.04. The second-order valence-electron chi connectivity index (χ2n) is 10.3. The van der Waals surface area contributed by atoms with E-state index in [0.717, 1.165) is 23.1 Å². The van der Waals surface area contributed by atoms with Crippen LogP contribution < -0.4 is 19.9 Å². The molecule has 0 saturated carbocycles. The number of nitrogens with two attached hydrogens (primary N) is 1. The summed E-state index contributed by atoms with van der Waals surface area (Å²) in [5.41, 5.74) is 7.29. The first kappa shape index (κ1) is 29.4. The van der Waals surface area contributed by atoms with Gasteiger partial charge in [-0.05, 0) is 51.4 Å². The van der Waals surface area contributed by atoms with Gasteiger partial charge in [0, 0.05) is 17.2 Å². The second-order valence-corrected chi connectivity index (χ2v) is 10.3. The smallest absolute Gasteiger partial charge is 0.416 e. The van der Waals surface area contributed by atoms with Crippen LogP contribution in [0.1, 0.15) is 21.5 Å². The number of carbonyl (C=O) groups excluding carboxylic acids is 1. The number of rotatable bonds is 7. The molecule has 6 rings (SSSR count). The second kappa shape index (κ2) is 11.8. The number of phenolic OH excluding ortho intramolecular Hbond substituents is 1. The third-order valence-corrected chi connectivity index (χ3v) is 7.43. The summed E-state index contributed by atoms with van der Waals surface area (Å²) >= 11 is 0. The van der Waals surface area contributed by atoms with Gasteiger partial charge in [0.05, 0.1) is 18.4 Å². The van der Waals surface area contributed by atoms with Crippen LogP contribution in [-0.2, 0) is 12.8 Å². The van der Waals surface area contributed by atoms with Crippen molar-refractivity contribution < 1.29 is 37.3 Å². The molecule has 9 heteroatoms. The van der Waals surface area contributed by atoms with E-state index in [1.165, 1.54) is 13.2 Å². The van der Waals surface area contributed by atoms with Crippen molar-refractivity contribution in [3.8, 4) is 34.1 Å². The number of alkyl halides is 3. The molecule has 6 aromatic carbocycles. The lowest BCUT2D eigenvalue weighted by molar-refractivity contribution is -0.137. The van der Waals surface area contributed by atoms with Gasteiger partial charge in [0.2, 0.25) is 0 Å². The van der Waals surface area contributed by atoms with Gasteiger partial charge in [0.25, 0.3) is 0 Å². The first-order chi connectivity index (χ1) is 21.6. The first-order valence-corrected chi connectivity index (χ1v) is 13.9. The Morgan fingerprint density at radius 1 is 0.778 bits per heavy atom. The van der Waals surface area contributed by atoms with Crippen molar-refractivity contribution >= 4 is 33.2 Å². The molecule has 0 bridgehead atoms. The monoisotopic (exact) mass is 609 g/mol. The van der Waals surface area contributed by atoms with E-state index >= 15 is 0 Å². The standard InChI is InChI=1S/C36H26F3NO5/c1-43-25-17-24(36(37,38)39)18-26(19-25)45-35(42)29-15-22-11-5-8-14-28(22)32(34(29)41)31-27-13-7-6-12-23(27)16-30(33(31)40)44-20-21-9-3-2-4-10-21/h2-19,41H,20,40H2,1H3. The molecule has 0 aliphatic carbocycles. The van der Waals surface area contributed by atoms with E-state index in [1.807, 2.05) is 60.7 Å². The minimum Gasteiger partial charge on any atom is -0.506 e. The van der Waals surface area contributed by atoms with Crippen LogP contribution in [0.4, 0.5) is 18.9 Å². The van der Waals surface area contributed by atoms with Gasteiger partial charge in [-0.25, -0.2) is 4.79 Å². The molecular weight excluding hydrogens is 583 g/mol. The first-order valence-electron chi connectivity index (χ1n) is 13.9. The number of halogens is 3. The number of aromatic hydroxyl groups is 1. The number of benzene rings is 6. The van der Waals surface area contributed by atoms with Gasteiger partial charge in [0.1, 0.15) is 35.2 Å². The van der Waals surface area contributed by atoms with Crippen LogP contribution in [0.2, 0.25) is 0 Å². The number of hydrogen-bond donors (Lipinski definition) is 2. The Kier molecular flexibility index (Phi) is 7.68. The third-order valence-electron chi connectivity index (χ3n) is 7.43. The van der Waals surface area contributed by atoms with Crippen molar-refractivity contribution in [1.82, 2.24) is 0 Å². The Morgan fingerprint density at radius 2 is 1.38 bits per heavy atom. The molecule has 0 aromatic heterocycles. The van der Waals surface area contributed by atoms with Crippen LogP contribution in [0.3, 0.4) is 0 Å². The summed E-state index contributed by atoms with van der Waals surface area (Å²) in [6.07, 6.45) is -4.71. The molecule has 0 aliphatic heterocycles. The number of ether oxygens (including phenoxy) is 3. The largest absolute Gasteiger partial charge is 0.506 e. The molecule has 0 aliphatic rings. The van der Waals surface area contributed by atoms with Gasteiger partial charge in [0.15, 0.2) is 0 Å². The van der Waals surface area contributed by atoms with E-state index < -0.39 is 29.2 Å². The molecule has 0 fully saturated rings. The lowest BCUT2D eigenvalue weighted by Crippen LogP contribution is -2.11. The van der Waals surface area contributed by atoms with Gasteiger partial charge in [-0.1, -0.05) is 78.9 Å². The predicted octanol–water partition coefficient (Wildman–Crippen LogP) is 8.77. The molecule has 0 unspecified atom stereocenters. The van der Waals surface area contributed by atoms with Crippen LogP contribution in [0.25, 0.3) is 32.7 Å². The Bertz CT molecular complexity index is 2060. The summed E-state index contributed by atoms with van der Waals surface area (Å²) in [5, 5.41) is 14.4. The van der Waals surface area contributed by atoms with E-state index in [0.29, 0.717) is 33.5 Å². The predicted molar refractivity (Wildman–Crippen MR) is 167 cm³/mol. The van der Waals surface area contributed by atoms with Gasteiger partial charge in [-0.15, -0.1) is 0 Å². The van der Waals surface area contributed by atoms with E-state index in [1.54, 1.807) is 24.3 Å². The number of methoxy groups -OCH3 is 1. The van der Waals surface area contributed by atoms with E-state index in [9.17, 15) is 23.1 Å². The van der Waals surface area contributed by atoms with Crippen molar-refractivity contribution in [2.45, 2.75) is 12.8 Å². The van der Waals surface area contributed by atoms with Crippen LogP contribution in [0, 0.1) is 0 Å². The highest BCUT2D eigenvalue weighted by Gasteiger charge is 2.32. The Morgan fingerprint density at radius 3 is 2.04 bits per heavy atom. The molecule has 6 nitrogen and oxygen atoms in total. The quantitative estimate of drug-likeness (QED) is 0.107. The van der Waals surface area contributed by atoms with Gasteiger partial charge < -0.3 is 25.1 Å². The van der Waals surface area contributed by atoms with Crippen LogP contribution >= 0.6 is 0 Å². The summed E-state index contributed by atoms with van der Waals surface area (Å²) < 4.78 is 57.1. The molecule has 0 radical (unpaired) electrons. The van der Waals surface area contributed by atoms with Gasteiger partial charge in [-0.3, -0.25) is 0 Å². The number of nitrogen functional groups attached to an aromatic ring is 1. The number of anilines is 1. The summed E-state index contributed by atoms with van der Waals surface area (Å²) in [6, 6.07) is 29.9. The van der Waals surface area contributed by atoms with E-state index in [4.69, 9.17) is 19.9 Å². The maximum Gasteiger partial charge on any atom is 0.416 e. The molecule has 0 spiro atoms. The Balaban J connectivity index is 1.51. The number of phenols is 1. The van der Waals surface area contributed by atoms with Crippen LogP contribution in [-0.4, -0.2) is 18.2 Å². The summed E-state index contributed by atoms with van der Waals surface area (Å²) in [7, 11) is 1.20. The zero-order valence-corrected chi connectivity index (χ0v) is 23.9. The molecule has 0 atom stereocenters. The topological polar surface area (TPSA) is 91.0 Å². The summed E-state index contributed by atoms with van der Waals surface area (Å²) in [5.74, 6) is -1.69. The number of carbonyl (C=O) groups is 1. The van der Waals surface area contributed by atoms with Crippen molar-refractivity contribution in [1.29, 1.82) is 0 Å². The fourth-order valence-electron chi connectivity index (χ4n) is 5.28. The molecule has 6 aromatic rings. The fourth-order valence-corrected chi connectivity index (χ4v) is 5.28. The van der Waals surface area contributed by atoms with Crippen molar-refractivity contribution in [2.24, 2.45) is 0 Å². The lowest BCUT2D eigenvalue weighted by Gasteiger charge is -2.20. The lowest BCUT2D eigenvalue weighted by atomic mass is 9.89. The van der Waals surface area contributed by atoms with E-state index in [-0.39, 0.29) is 29.2 Å². The fraction of sp³-hybridized carbons (Fsp3) is 0.0833. The normalized spacial score (nSPS) is 11.5. The zero-order valence-electron chi connectivity index (χ0n) is 23.9. The maximum atomic E-state index is 13.5. The third kappa shape index (κ3) is 5.80. The Labute approximate surface area is 256 Å². The summed E-state index contributed by atoms with van der Waals surface area (Å²) in [6.45, 7) is 0.238. The molecule has 45 heavy (non-hydrogen) atoms. The molecule has 0 amide bonds. The van der Waals surface area contributed by atoms with Crippen molar-refractivity contribution in [3.05, 3.63) is 126 Å². The highest BCUT2D eigenvalue weighted by Crippen LogP contribution is 2.48. The van der Waals surface area contributed by atoms with E-state index in [2.05, 4.69) is 0 Å². The molecule has 0 saturated heterocycles. The Hall–Kier alpha value is -5.70. The zero-order chi connectivity index (χ0) is 31.7. The van der Waals surface area contributed by atoms with Crippen molar-refractivity contribution in [3.63, 3.8) is 0 Å². The summed E-state index contributed by atoms with van der Waals surface area (Å²) in [4.78, 5) is 13.5. The number of fused-ring (bicyclic) bond motifs is 2. The van der Waals surface area contributed by atoms with Gasteiger partial charge in [-0.2, -0.15) is 13.2 Å².